The third kappa shape index (κ3) is 4.73. The van der Waals surface area contributed by atoms with Gasteiger partial charge in [0.2, 0.25) is 0 Å². The highest BCUT2D eigenvalue weighted by atomic mass is 32.2. The fourth-order valence-electron chi connectivity index (χ4n) is 4.40. The highest BCUT2D eigenvalue weighted by Gasteiger charge is 2.35. The fraction of sp³-hybridized carbons (Fsp3) is 0.619. The molecule has 0 spiro atoms. The minimum atomic E-state index is -3.12. The lowest BCUT2D eigenvalue weighted by atomic mass is 9.97. The first-order chi connectivity index (χ1) is 15.1. The van der Waals surface area contributed by atoms with E-state index >= 15 is 0 Å². The van der Waals surface area contributed by atoms with Crippen LogP contribution >= 0.6 is 11.3 Å². The predicted molar refractivity (Wildman–Crippen MR) is 121 cm³/mol. The Kier molecular flexibility index (Phi) is 6.39. The monoisotopic (exact) mass is 481 g/mol. The average molecular weight is 482 g/mol. The number of hydrogen-bond donors (Lipinski definition) is 1. The maximum absolute atomic E-state index is 12.6. The van der Waals surface area contributed by atoms with E-state index in [-0.39, 0.29) is 29.9 Å². The first-order valence-corrected chi connectivity index (χ1v) is 13.5. The molecule has 0 aromatic carbocycles. The molecule has 2 aromatic rings. The van der Waals surface area contributed by atoms with Gasteiger partial charge in [0.15, 0.2) is 15.9 Å². The summed E-state index contributed by atoms with van der Waals surface area (Å²) in [4.78, 5) is 48.0. The third-order valence-corrected chi connectivity index (χ3v) is 9.14. The van der Waals surface area contributed by atoms with Crippen LogP contribution in [-0.4, -0.2) is 65.9 Å². The Morgan fingerprint density at radius 1 is 1.31 bits per heavy atom. The normalized spacial score (nSPS) is 20.6. The Hall–Kier alpha value is -2.27. The van der Waals surface area contributed by atoms with Crippen LogP contribution in [0.25, 0.3) is 10.2 Å². The predicted octanol–water partition coefficient (Wildman–Crippen LogP) is 1.37. The summed E-state index contributed by atoms with van der Waals surface area (Å²) in [5.41, 5.74) is 0.942. The van der Waals surface area contributed by atoms with Crippen LogP contribution in [0.15, 0.2) is 4.79 Å². The molecule has 4 rings (SSSR count). The average Bonchev–Trinajstić information content (AvgIpc) is 3.30. The van der Waals surface area contributed by atoms with E-state index in [4.69, 9.17) is 4.74 Å². The molecule has 1 fully saturated rings. The summed E-state index contributed by atoms with van der Waals surface area (Å²) in [6, 6.07) is -0.397. The number of nitrogens with one attached hydrogen (secondary N) is 1. The van der Waals surface area contributed by atoms with Crippen molar-refractivity contribution in [3.05, 3.63) is 26.6 Å². The van der Waals surface area contributed by atoms with Gasteiger partial charge in [-0.05, 0) is 44.6 Å². The molecule has 2 atom stereocenters. The number of esters is 1. The van der Waals surface area contributed by atoms with Crippen molar-refractivity contribution < 1.29 is 22.7 Å². The number of ether oxygens (including phenoxy) is 1. The van der Waals surface area contributed by atoms with Crippen molar-refractivity contribution in [1.29, 1.82) is 0 Å². The van der Waals surface area contributed by atoms with Gasteiger partial charge < -0.3 is 14.6 Å². The fourth-order valence-corrected chi connectivity index (χ4v) is 7.46. The molecule has 1 N–H and O–H groups in total. The van der Waals surface area contributed by atoms with Crippen molar-refractivity contribution in [2.24, 2.45) is 0 Å². The number of sulfone groups is 1. The number of aryl methyl sites for hydroxylation is 3. The molecule has 1 aliphatic carbocycles. The van der Waals surface area contributed by atoms with Crippen molar-refractivity contribution in [3.8, 4) is 0 Å². The van der Waals surface area contributed by atoms with Gasteiger partial charge in [-0.2, -0.15) is 0 Å². The van der Waals surface area contributed by atoms with Crippen LogP contribution in [0.1, 0.15) is 48.9 Å². The number of amides is 1. The first-order valence-electron chi connectivity index (χ1n) is 10.8. The van der Waals surface area contributed by atoms with Gasteiger partial charge in [-0.1, -0.05) is 0 Å². The number of nitrogens with zero attached hydrogens (tertiary/aromatic N) is 2. The smallest absolute Gasteiger partial charge is 0.307 e. The summed E-state index contributed by atoms with van der Waals surface area (Å²) >= 11 is 1.55. The van der Waals surface area contributed by atoms with Gasteiger partial charge in [-0.3, -0.25) is 14.4 Å². The Morgan fingerprint density at radius 3 is 2.78 bits per heavy atom. The summed E-state index contributed by atoms with van der Waals surface area (Å²) in [5, 5.41) is 0.673. The van der Waals surface area contributed by atoms with Gasteiger partial charge in [0.1, 0.15) is 10.7 Å². The van der Waals surface area contributed by atoms with Gasteiger partial charge in [0, 0.05) is 24.4 Å². The van der Waals surface area contributed by atoms with Crippen LogP contribution < -0.4 is 5.56 Å². The lowest BCUT2D eigenvalue weighted by Crippen LogP contribution is -2.44. The maximum atomic E-state index is 12.6. The molecule has 3 heterocycles. The van der Waals surface area contributed by atoms with Crippen molar-refractivity contribution in [2.45, 2.75) is 64.0 Å². The Labute approximate surface area is 190 Å². The molecule has 2 aromatic heterocycles. The number of aromatic amines is 1. The van der Waals surface area contributed by atoms with Crippen molar-refractivity contribution in [2.75, 3.05) is 18.6 Å². The molecule has 0 saturated carbocycles. The second-order valence-corrected chi connectivity index (χ2v) is 11.9. The number of thiophene rings is 1. The van der Waals surface area contributed by atoms with E-state index in [2.05, 4.69) is 9.97 Å². The number of hydrogen-bond acceptors (Lipinski definition) is 8. The second-order valence-electron chi connectivity index (χ2n) is 8.54. The maximum Gasteiger partial charge on any atom is 0.307 e. The Morgan fingerprint density at radius 2 is 2.06 bits per heavy atom. The van der Waals surface area contributed by atoms with Crippen LogP contribution in [0.2, 0.25) is 0 Å². The highest BCUT2D eigenvalue weighted by molar-refractivity contribution is 7.91. The van der Waals surface area contributed by atoms with Crippen LogP contribution in [-0.2, 0) is 43.4 Å². The molecule has 2 aliphatic rings. The minimum absolute atomic E-state index is 0.0291. The van der Waals surface area contributed by atoms with E-state index in [9.17, 15) is 22.8 Å². The van der Waals surface area contributed by atoms with Crippen molar-refractivity contribution >= 4 is 43.3 Å². The van der Waals surface area contributed by atoms with Gasteiger partial charge in [-0.15, -0.1) is 11.3 Å². The highest BCUT2D eigenvalue weighted by Crippen LogP contribution is 2.33. The second kappa shape index (κ2) is 8.93. The molecular weight excluding hydrogens is 454 g/mol. The molecule has 0 bridgehead atoms. The molecule has 174 valence electrons. The number of likely N-dealkylation sites (N-methyl/N-ethyl adjacent to an activating group) is 1. The Balaban J connectivity index is 1.35. The molecule has 9 nitrogen and oxygen atoms in total. The van der Waals surface area contributed by atoms with E-state index in [1.807, 2.05) is 0 Å². The van der Waals surface area contributed by atoms with Crippen LogP contribution in [0.3, 0.4) is 0 Å². The molecule has 11 heteroatoms. The van der Waals surface area contributed by atoms with Gasteiger partial charge >= 0.3 is 5.97 Å². The van der Waals surface area contributed by atoms with E-state index in [1.165, 1.54) is 23.7 Å². The molecule has 0 radical (unpaired) electrons. The Bertz CT molecular complexity index is 1220. The van der Waals surface area contributed by atoms with Crippen LogP contribution in [0.4, 0.5) is 0 Å². The largest absolute Gasteiger partial charge is 0.453 e. The zero-order chi connectivity index (χ0) is 23.0. The first kappa shape index (κ1) is 22.9. The number of H-pyrrole nitrogens is 1. The molecule has 32 heavy (non-hydrogen) atoms. The van der Waals surface area contributed by atoms with E-state index < -0.39 is 33.9 Å². The number of aromatic nitrogens is 2. The summed E-state index contributed by atoms with van der Waals surface area (Å²) in [5.74, 6) is -0.593. The number of rotatable bonds is 6. The van der Waals surface area contributed by atoms with Gasteiger partial charge in [0.25, 0.3) is 11.5 Å². The van der Waals surface area contributed by atoms with Crippen molar-refractivity contribution in [1.82, 2.24) is 14.9 Å². The summed E-state index contributed by atoms with van der Waals surface area (Å²) < 4.78 is 28.5. The van der Waals surface area contributed by atoms with Crippen LogP contribution in [0.5, 0.6) is 0 Å². The number of fused-ring (bicyclic) bond motifs is 3. The number of carbonyl (C=O) groups excluding carboxylic acids is 2. The summed E-state index contributed by atoms with van der Waals surface area (Å²) in [7, 11) is -1.59. The third-order valence-electron chi connectivity index (χ3n) is 6.20. The lowest BCUT2D eigenvalue weighted by molar-refractivity contribution is -0.159. The molecular formula is C21H27N3O6S2. The lowest BCUT2D eigenvalue weighted by Gasteiger charge is -2.26. The summed E-state index contributed by atoms with van der Waals surface area (Å²) in [6.07, 6.45) is 3.62. The van der Waals surface area contributed by atoms with E-state index in [0.717, 1.165) is 31.2 Å². The molecule has 1 saturated heterocycles. The standard InChI is InChI=1S/C21H27N3O6S2/c1-12(21(27)24(2)13-9-10-32(28,29)11-13)30-17(25)8-7-16-22-19(26)18-14-5-3-4-6-15(14)31-20(18)23-16/h12-13H,3-11H2,1-2H3,(H,22,23,26)/t12-,13+/m1/s1. The summed E-state index contributed by atoms with van der Waals surface area (Å²) in [6.45, 7) is 1.47. The SMILES string of the molecule is C[C@@H](OC(=O)CCc1nc2sc3c(c2c(=O)[nH]1)CCCC3)C(=O)N(C)[C@H]1CCS(=O)(=O)C1. The van der Waals surface area contributed by atoms with E-state index in [1.54, 1.807) is 11.3 Å². The molecule has 1 aliphatic heterocycles. The quantitative estimate of drug-likeness (QED) is 0.618. The zero-order valence-corrected chi connectivity index (χ0v) is 19.8. The van der Waals surface area contributed by atoms with Crippen molar-refractivity contribution in [3.63, 3.8) is 0 Å². The van der Waals surface area contributed by atoms with E-state index in [0.29, 0.717) is 22.5 Å². The minimum Gasteiger partial charge on any atom is -0.453 e. The van der Waals surface area contributed by atoms with Gasteiger partial charge in [0.05, 0.1) is 23.3 Å². The van der Waals surface area contributed by atoms with Crippen LogP contribution in [0, 0.1) is 0 Å². The number of carbonyl (C=O) groups is 2. The topological polar surface area (TPSA) is 126 Å². The van der Waals surface area contributed by atoms with Gasteiger partial charge in [-0.25, -0.2) is 13.4 Å². The molecule has 0 unspecified atom stereocenters. The molecule has 1 amide bonds. The zero-order valence-electron chi connectivity index (χ0n) is 18.2.